The molecule has 0 unspecified atom stereocenters. The second-order valence-electron chi connectivity index (χ2n) is 9.41. The van der Waals surface area contributed by atoms with Crippen LogP contribution in [0.25, 0.3) is 27.7 Å². The van der Waals surface area contributed by atoms with Crippen LogP contribution < -0.4 is 16.5 Å². The van der Waals surface area contributed by atoms with Crippen molar-refractivity contribution in [2.75, 3.05) is 0 Å². The number of aromatic nitrogens is 2. The molecular weight excluding hydrogens is 391 g/mol. The molecule has 3 nitrogen and oxygen atoms in total. The molecule has 4 aromatic carbocycles. The van der Waals surface area contributed by atoms with Crippen molar-refractivity contribution < 1.29 is 0 Å². The van der Waals surface area contributed by atoms with Crippen LogP contribution in [0.5, 0.6) is 0 Å². The second-order valence-corrected chi connectivity index (χ2v) is 9.41. The second kappa shape index (κ2) is 5.92. The van der Waals surface area contributed by atoms with Crippen LogP contribution in [0.2, 0.25) is 0 Å². The summed E-state index contributed by atoms with van der Waals surface area (Å²) in [5.74, 6) is 0. The number of hydrogen-bond acceptors (Lipinski definition) is 1. The number of benzene rings is 4. The van der Waals surface area contributed by atoms with Gasteiger partial charge in [0, 0.05) is 5.41 Å². The minimum Gasteiger partial charge on any atom is -0.310 e. The highest BCUT2D eigenvalue weighted by Crippen LogP contribution is 2.37. The summed E-state index contributed by atoms with van der Waals surface area (Å²) < 4.78 is 4.13. The van der Waals surface area contributed by atoms with Gasteiger partial charge in [-0.2, -0.15) is 0 Å². The van der Waals surface area contributed by atoms with Gasteiger partial charge in [0.25, 0.3) is 5.56 Å². The van der Waals surface area contributed by atoms with Crippen LogP contribution in [-0.2, 0) is 5.41 Å². The summed E-state index contributed by atoms with van der Waals surface area (Å²) in [6.07, 6.45) is 0. The lowest BCUT2D eigenvalue weighted by Crippen LogP contribution is -2.56. The van der Waals surface area contributed by atoms with Crippen LogP contribution in [0.15, 0.2) is 95.8 Å². The quantitative estimate of drug-likeness (QED) is 0.374. The van der Waals surface area contributed by atoms with Crippen LogP contribution in [0, 0.1) is 0 Å². The fourth-order valence-corrected chi connectivity index (χ4v) is 5.94. The predicted octanol–water partition coefficient (Wildman–Crippen LogP) is 4.07. The Morgan fingerprint density at radius 3 is 2.34 bits per heavy atom. The molecule has 0 spiro atoms. The third kappa shape index (κ3) is 2.05. The first-order valence-electron chi connectivity index (χ1n) is 11.1. The number of rotatable bonds is 1. The number of hydrogen-bond donors (Lipinski definition) is 0. The molecule has 32 heavy (non-hydrogen) atoms. The summed E-state index contributed by atoms with van der Waals surface area (Å²) in [4.78, 5) is 13.6. The Morgan fingerprint density at radius 1 is 0.750 bits per heavy atom. The molecule has 2 aliphatic rings. The molecule has 5 aromatic rings. The maximum Gasteiger partial charge on any atom is 0.350 e. The molecule has 0 N–H and O–H groups in total. The first-order chi connectivity index (χ1) is 15.6. The zero-order valence-corrected chi connectivity index (χ0v) is 18.0. The topological polar surface area (TPSA) is 26.9 Å². The fraction of sp³-hybridized carbons (Fsp3) is 0.107. The molecule has 4 heteroatoms. The van der Waals surface area contributed by atoms with Crippen molar-refractivity contribution in [2.45, 2.75) is 19.3 Å². The zero-order valence-electron chi connectivity index (χ0n) is 18.0. The van der Waals surface area contributed by atoms with Gasteiger partial charge >= 0.3 is 6.85 Å². The first kappa shape index (κ1) is 17.9. The highest BCUT2D eigenvalue weighted by Gasteiger charge is 2.47. The van der Waals surface area contributed by atoms with Gasteiger partial charge in [-0.1, -0.05) is 86.6 Å². The van der Waals surface area contributed by atoms with E-state index in [9.17, 15) is 4.79 Å². The van der Waals surface area contributed by atoms with Crippen LogP contribution in [0.4, 0.5) is 0 Å². The summed E-state index contributed by atoms with van der Waals surface area (Å²) in [6.45, 7) is 4.58. The van der Waals surface area contributed by atoms with Crippen molar-refractivity contribution in [3.8, 4) is 16.8 Å². The van der Waals surface area contributed by atoms with E-state index in [0.29, 0.717) is 0 Å². The largest absolute Gasteiger partial charge is 0.350 e. The van der Waals surface area contributed by atoms with Crippen molar-refractivity contribution in [1.82, 2.24) is 9.27 Å². The smallest absolute Gasteiger partial charge is 0.310 e. The van der Waals surface area contributed by atoms with E-state index >= 15 is 0 Å². The Kier molecular flexibility index (Phi) is 3.30. The van der Waals surface area contributed by atoms with Gasteiger partial charge in [0.15, 0.2) is 0 Å². The van der Waals surface area contributed by atoms with Crippen molar-refractivity contribution in [3.05, 3.63) is 112 Å². The van der Waals surface area contributed by atoms with E-state index in [4.69, 9.17) is 0 Å². The third-order valence-electron chi connectivity index (χ3n) is 7.42. The number of nitrogens with zero attached hydrogens (tertiary/aromatic N) is 2. The van der Waals surface area contributed by atoms with Gasteiger partial charge in [-0.15, -0.1) is 0 Å². The van der Waals surface area contributed by atoms with Gasteiger partial charge in [-0.3, -0.25) is 4.79 Å². The minimum atomic E-state index is -0.114. The molecule has 7 rings (SSSR count). The minimum absolute atomic E-state index is 0.00153. The molecule has 0 saturated carbocycles. The highest BCUT2D eigenvalue weighted by atomic mass is 16.1. The third-order valence-corrected chi connectivity index (χ3v) is 7.42. The lowest BCUT2D eigenvalue weighted by Gasteiger charge is -2.36. The molecule has 0 aliphatic carbocycles. The van der Waals surface area contributed by atoms with Crippen LogP contribution >= 0.6 is 0 Å². The molecule has 0 amide bonds. The molecule has 0 bridgehead atoms. The zero-order chi connectivity index (χ0) is 21.6. The van der Waals surface area contributed by atoms with Crippen LogP contribution in [-0.4, -0.2) is 16.1 Å². The molecule has 2 aliphatic heterocycles. The van der Waals surface area contributed by atoms with Crippen LogP contribution in [0.3, 0.4) is 0 Å². The standard InChI is InChI=1S/C28H21BN2O/c1-28(2)21-11-6-7-13-23(21)29-26-22(28)12-8-14-24(26)30-27(32)20-16-15-19(17-25(20)31(29)30)18-9-4-3-5-10-18/h3-17H,1-2H3. The molecule has 0 radical (unpaired) electrons. The Bertz CT molecular complexity index is 1630. The molecule has 0 fully saturated rings. The van der Waals surface area contributed by atoms with Crippen LogP contribution in [0.1, 0.15) is 25.0 Å². The summed E-state index contributed by atoms with van der Waals surface area (Å²) in [5.41, 5.74) is 9.40. The van der Waals surface area contributed by atoms with Crippen molar-refractivity contribution in [3.63, 3.8) is 0 Å². The molecule has 0 atom stereocenters. The molecule has 0 saturated heterocycles. The maximum atomic E-state index is 13.6. The van der Waals surface area contributed by atoms with Crippen molar-refractivity contribution in [2.24, 2.45) is 0 Å². The summed E-state index contributed by atoms with van der Waals surface area (Å²) >= 11 is 0. The monoisotopic (exact) mass is 412 g/mol. The van der Waals surface area contributed by atoms with Gasteiger partial charge in [0.2, 0.25) is 0 Å². The van der Waals surface area contributed by atoms with Crippen molar-refractivity contribution >= 4 is 28.7 Å². The van der Waals surface area contributed by atoms with E-state index in [1.54, 1.807) is 0 Å². The molecule has 152 valence electrons. The van der Waals surface area contributed by atoms with Crippen molar-refractivity contribution in [1.29, 1.82) is 0 Å². The first-order valence-corrected chi connectivity index (χ1v) is 11.1. The summed E-state index contributed by atoms with van der Waals surface area (Å²) in [6, 6.07) is 31.7. The Morgan fingerprint density at radius 2 is 1.50 bits per heavy atom. The molecular formula is C28H21BN2O. The SMILES string of the molecule is CC1(C)c2ccccc2B2c3c(cccc31)-n1c(=O)c3ccc(-c4ccccc4)cc3n12. The fourth-order valence-electron chi connectivity index (χ4n) is 5.94. The van der Waals surface area contributed by atoms with E-state index in [0.717, 1.165) is 27.7 Å². The lowest BCUT2D eigenvalue weighted by atomic mass is 9.42. The molecule has 1 aromatic heterocycles. The van der Waals surface area contributed by atoms with Gasteiger partial charge in [-0.05, 0) is 51.4 Å². The predicted molar refractivity (Wildman–Crippen MR) is 132 cm³/mol. The van der Waals surface area contributed by atoms with E-state index in [2.05, 4.69) is 97.3 Å². The van der Waals surface area contributed by atoms with Gasteiger partial charge in [0.05, 0.1) is 16.6 Å². The average molecular weight is 412 g/mol. The Labute approximate surface area is 186 Å². The maximum absolute atomic E-state index is 13.6. The van der Waals surface area contributed by atoms with E-state index in [-0.39, 0.29) is 17.8 Å². The van der Waals surface area contributed by atoms with E-state index in [1.807, 2.05) is 16.8 Å². The molecule has 3 heterocycles. The van der Waals surface area contributed by atoms with Gasteiger partial charge in [0.1, 0.15) is 0 Å². The van der Waals surface area contributed by atoms with Gasteiger partial charge < -0.3 is 4.59 Å². The van der Waals surface area contributed by atoms with E-state index < -0.39 is 0 Å². The summed E-state index contributed by atoms with van der Waals surface area (Å²) in [7, 11) is 0. The summed E-state index contributed by atoms with van der Waals surface area (Å²) in [5, 5.41) is 0.767. The average Bonchev–Trinajstić information content (AvgIpc) is 3.32. The highest BCUT2D eigenvalue weighted by molar-refractivity contribution is 6.87. The number of fused-ring (bicyclic) bond motifs is 7. The van der Waals surface area contributed by atoms with E-state index in [1.165, 1.54) is 22.1 Å². The Hall–Kier alpha value is -3.79. The Balaban J connectivity index is 1.61. The lowest BCUT2D eigenvalue weighted by molar-refractivity contribution is 0.646. The normalized spacial score (nSPS) is 14.9. The van der Waals surface area contributed by atoms with Gasteiger partial charge in [-0.25, -0.2) is 4.68 Å².